The first kappa shape index (κ1) is 25.2. The zero-order valence-electron chi connectivity index (χ0n) is 19.8. The van der Waals surface area contributed by atoms with Gasteiger partial charge in [-0.25, -0.2) is 0 Å². The third-order valence-corrected chi connectivity index (χ3v) is 7.00. The van der Waals surface area contributed by atoms with E-state index in [4.69, 9.17) is 9.94 Å². The summed E-state index contributed by atoms with van der Waals surface area (Å²) in [6.07, 6.45) is 1.76. The Labute approximate surface area is 203 Å². The van der Waals surface area contributed by atoms with Crippen molar-refractivity contribution < 1.29 is 27.9 Å². The standard InChI is InChI=1S/C27H31F3N2O3/c1-17(20-8-9-21-13-23(14-22(21)12-20)31-15-26(33)34)32-35-16-18-7-10-24(19-5-3-2-4-6-19)25(11-18)27(28,29)30/h7-12,19,23,31H,2-6,13-16H2,1H3,(H,33,34)/b32-17+. The third kappa shape index (κ3) is 6.42. The quantitative estimate of drug-likeness (QED) is 0.362. The number of benzene rings is 2. The van der Waals surface area contributed by atoms with Gasteiger partial charge in [0.2, 0.25) is 0 Å². The fourth-order valence-electron chi connectivity index (χ4n) is 5.18. The van der Waals surface area contributed by atoms with E-state index < -0.39 is 17.7 Å². The minimum atomic E-state index is -4.40. The molecule has 2 aliphatic rings. The average molecular weight is 489 g/mol. The lowest BCUT2D eigenvalue weighted by Gasteiger charge is -2.25. The molecule has 2 aliphatic carbocycles. The number of hydrogen-bond acceptors (Lipinski definition) is 4. The molecular formula is C27H31F3N2O3. The molecule has 0 amide bonds. The van der Waals surface area contributed by atoms with Crippen LogP contribution in [-0.4, -0.2) is 29.4 Å². The maximum Gasteiger partial charge on any atom is 0.416 e. The summed E-state index contributed by atoms with van der Waals surface area (Å²) < 4.78 is 41.3. The SMILES string of the molecule is C/C(=N\OCc1ccc(C2CCCCC2)c(C(F)(F)F)c1)c1ccc2c(c1)CC(NCC(=O)O)C2. The molecule has 2 aromatic rings. The molecule has 0 bridgehead atoms. The topological polar surface area (TPSA) is 70.9 Å². The van der Waals surface area contributed by atoms with Crippen molar-refractivity contribution in [3.63, 3.8) is 0 Å². The molecular weight excluding hydrogens is 457 g/mol. The van der Waals surface area contributed by atoms with E-state index in [2.05, 4.69) is 10.5 Å². The van der Waals surface area contributed by atoms with Crippen LogP contribution in [0.4, 0.5) is 13.2 Å². The van der Waals surface area contributed by atoms with E-state index in [0.29, 0.717) is 16.8 Å². The summed E-state index contributed by atoms with van der Waals surface area (Å²) in [6.45, 7) is 1.68. The summed E-state index contributed by atoms with van der Waals surface area (Å²) in [6, 6.07) is 10.6. The molecule has 1 atom stereocenters. The number of halogens is 3. The number of alkyl halides is 3. The first-order valence-corrected chi connectivity index (χ1v) is 12.1. The van der Waals surface area contributed by atoms with Crippen molar-refractivity contribution >= 4 is 11.7 Å². The van der Waals surface area contributed by atoms with E-state index in [1.54, 1.807) is 19.1 Å². The average Bonchev–Trinajstić information content (AvgIpc) is 3.25. The molecule has 0 heterocycles. The van der Waals surface area contributed by atoms with Gasteiger partial charge in [-0.2, -0.15) is 13.2 Å². The summed E-state index contributed by atoms with van der Waals surface area (Å²) in [5.41, 5.74) is 4.08. The Morgan fingerprint density at radius 1 is 1.09 bits per heavy atom. The highest BCUT2D eigenvalue weighted by molar-refractivity contribution is 5.98. The predicted octanol–water partition coefficient (Wildman–Crippen LogP) is 5.84. The highest BCUT2D eigenvalue weighted by atomic mass is 19.4. The van der Waals surface area contributed by atoms with Gasteiger partial charge < -0.3 is 15.3 Å². The van der Waals surface area contributed by atoms with Crippen LogP contribution in [0.15, 0.2) is 41.6 Å². The van der Waals surface area contributed by atoms with Crippen molar-refractivity contribution in [1.29, 1.82) is 0 Å². The van der Waals surface area contributed by atoms with Crippen LogP contribution in [0.3, 0.4) is 0 Å². The minimum absolute atomic E-state index is 0.0330. The van der Waals surface area contributed by atoms with E-state index in [0.717, 1.165) is 56.1 Å². The van der Waals surface area contributed by atoms with Gasteiger partial charge in [0, 0.05) is 6.04 Å². The third-order valence-electron chi connectivity index (χ3n) is 7.00. The molecule has 8 heteroatoms. The van der Waals surface area contributed by atoms with Crippen LogP contribution in [0.1, 0.15) is 78.3 Å². The van der Waals surface area contributed by atoms with Crippen molar-refractivity contribution in [2.24, 2.45) is 5.16 Å². The number of nitrogens with zero attached hydrogens (tertiary/aromatic N) is 1. The van der Waals surface area contributed by atoms with Crippen LogP contribution >= 0.6 is 0 Å². The van der Waals surface area contributed by atoms with Gasteiger partial charge in [-0.1, -0.05) is 48.7 Å². The van der Waals surface area contributed by atoms with Gasteiger partial charge in [0.15, 0.2) is 0 Å². The number of aliphatic carboxylic acids is 1. The Hall–Kier alpha value is -2.87. The number of carboxylic acid groups (broad SMARTS) is 1. The molecule has 4 rings (SSSR count). The molecule has 0 radical (unpaired) electrons. The molecule has 5 nitrogen and oxygen atoms in total. The lowest BCUT2D eigenvalue weighted by Crippen LogP contribution is -2.33. The number of carboxylic acids is 1. The Bertz CT molecular complexity index is 1090. The lowest BCUT2D eigenvalue weighted by molar-refractivity contribution is -0.138. The highest BCUT2D eigenvalue weighted by Crippen LogP contribution is 2.41. The summed E-state index contributed by atoms with van der Waals surface area (Å²) >= 11 is 0. The maximum absolute atomic E-state index is 13.8. The van der Waals surface area contributed by atoms with Crippen molar-refractivity contribution in [3.05, 3.63) is 69.8 Å². The molecule has 0 aromatic heterocycles. The minimum Gasteiger partial charge on any atom is -0.480 e. The van der Waals surface area contributed by atoms with Crippen molar-refractivity contribution in [1.82, 2.24) is 5.32 Å². The molecule has 1 fully saturated rings. The first-order valence-electron chi connectivity index (χ1n) is 12.1. The van der Waals surface area contributed by atoms with Gasteiger partial charge in [0.1, 0.15) is 6.61 Å². The van der Waals surface area contributed by atoms with Gasteiger partial charge >= 0.3 is 12.1 Å². The number of oxime groups is 1. The van der Waals surface area contributed by atoms with E-state index >= 15 is 0 Å². The summed E-state index contributed by atoms with van der Waals surface area (Å²) in [7, 11) is 0. The molecule has 2 aromatic carbocycles. The maximum atomic E-state index is 13.8. The molecule has 0 aliphatic heterocycles. The largest absolute Gasteiger partial charge is 0.480 e. The zero-order valence-corrected chi connectivity index (χ0v) is 19.8. The molecule has 0 spiro atoms. The molecule has 0 saturated heterocycles. The smallest absolute Gasteiger partial charge is 0.416 e. The van der Waals surface area contributed by atoms with E-state index in [1.165, 1.54) is 11.6 Å². The van der Waals surface area contributed by atoms with Gasteiger partial charge in [-0.05, 0) is 78.5 Å². The fraction of sp³-hybridized carbons (Fsp3) is 0.481. The molecule has 1 saturated carbocycles. The zero-order chi connectivity index (χ0) is 25.0. The second-order valence-electron chi connectivity index (χ2n) is 9.57. The van der Waals surface area contributed by atoms with Crippen molar-refractivity contribution in [3.8, 4) is 0 Å². The van der Waals surface area contributed by atoms with Gasteiger partial charge in [-0.15, -0.1) is 0 Å². The normalized spacial score (nSPS) is 19.0. The number of rotatable bonds is 8. The number of nitrogens with one attached hydrogen (secondary N) is 1. The molecule has 1 unspecified atom stereocenters. The summed E-state index contributed by atoms with van der Waals surface area (Å²) in [5.74, 6) is -0.915. The van der Waals surface area contributed by atoms with E-state index in [1.807, 2.05) is 18.2 Å². The lowest BCUT2D eigenvalue weighted by atomic mass is 9.81. The second kappa shape index (κ2) is 10.8. The fourth-order valence-corrected chi connectivity index (χ4v) is 5.18. The van der Waals surface area contributed by atoms with E-state index in [-0.39, 0.29) is 25.1 Å². The van der Waals surface area contributed by atoms with Crippen LogP contribution in [0.5, 0.6) is 0 Å². The van der Waals surface area contributed by atoms with Gasteiger partial charge in [0.25, 0.3) is 0 Å². The van der Waals surface area contributed by atoms with E-state index in [9.17, 15) is 18.0 Å². The van der Waals surface area contributed by atoms with Gasteiger partial charge in [-0.3, -0.25) is 4.79 Å². The Kier molecular flexibility index (Phi) is 7.79. The van der Waals surface area contributed by atoms with Crippen LogP contribution in [0, 0.1) is 0 Å². The van der Waals surface area contributed by atoms with Crippen molar-refractivity contribution in [2.45, 2.75) is 76.6 Å². The second-order valence-corrected chi connectivity index (χ2v) is 9.57. The van der Waals surface area contributed by atoms with Crippen LogP contribution in [0.2, 0.25) is 0 Å². The number of hydrogen-bond donors (Lipinski definition) is 2. The van der Waals surface area contributed by atoms with Crippen molar-refractivity contribution in [2.75, 3.05) is 6.54 Å². The van der Waals surface area contributed by atoms with Crippen LogP contribution < -0.4 is 5.32 Å². The van der Waals surface area contributed by atoms with Crippen LogP contribution in [0.25, 0.3) is 0 Å². The predicted molar refractivity (Wildman–Crippen MR) is 128 cm³/mol. The molecule has 188 valence electrons. The highest BCUT2D eigenvalue weighted by Gasteiger charge is 2.35. The Morgan fingerprint density at radius 3 is 2.54 bits per heavy atom. The first-order chi connectivity index (χ1) is 16.7. The molecule has 35 heavy (non-hydrogen) atoms. The Morgan fingerprint density at radius 2 is 1.83 bits per heavy atom. The molecule has 2 N–H and O–H groups in total. The number of carbonyl (C=O) groups is 1. The van der Waals surface area contributed by atoms with Crippen LogP contribution in [-0.2, 0) is 35.3 Å². The number of fused-ring (bicyclic) bond motifs is 1. The monoisotopic (exact) mass is 488 g/mol. The van der Waals surface area contributed by atoms with Gasteiger partial charge in [0.05, 0.1) is 17.8 Å². The summed E-state index contributed by atoms with van der Waals surface area (Å²) in [4.78, 5) is 16.2. The Balaban J connectivity index is 1.40. The summed E-state index contributed by atoms with van der Waals surface area (Å²) in [5, 5.41) is 16.0.